The van der Waals surface area contributed by atoms with Gasteiger partial charge < -0.3 is 46.0 Å². The number of nitrogens with two attached hydrogens (primary N) is 1. The molecule has 1 atom stereocenters. The van der Waals surface area contributed by atoms with Crippen LogP contribution in [0.15, 0.2) is 137 Å². The van der Waals surface area contributed by atoms with Gasteiger partial charge >= 0.3 is 0 Å². The van der Waals surface area contributed by atoms with Crippen LogP contribution < -0.4 is 36.5 Å². The second-order valence-electron chi connectivity index (χ2n) is 19.9. The number of amides is 3. The molecule has 7 N–H and O–H groups in total. The molecule has 0 bridgehead atoms. The number of fused-ring (bicyclic) bond motifs is 2. The number of hydrogen-bond donors (Lipinski definition) is 6. The number of rotatable bonds is 19. The highest BCUT2D eigenvalue weighted by Gasteiger charge is 2.40. The van der Waals surface area contributed by atoms with E-state index >= 15 is 0 Å². The Kier molecular flexibility index (Phi) is 15.6. The smallest absolute Gasteiger partial charge is 0.262 e. The number of aryl methyl sites for hydroxylation is 2. The van der Waals surface area contributed by atoms with Crippen molar-refractivity contribution >= 4 is 69.5 Å². The van der Waals surface area contributed by atoms with E-state index < -0.39 is 30.0 Å². The molecule has 17 heteroatoms. The van der Waals surface area contributed by atoms with Crippen LogP contribution in [0.1, 0.15) is 77.1 Å². The average molecular weight is 1040 g/mol. The van der Waals surface area contributed by atoms with Gasteiger partial charge in [-0.3, -0.25) is 19.4 Å². The second kappa shape index (κ2) is 21.9. The summed E-state index contributed by atoms with van der Waals surface area (Å²) in [6.45, 7) is 13.9. The molecule has 1 aliphatic heterocycles. The van der Waals surface area contributed by atoms with Gasteiger partial charge in [-0.25, -0.2) is 8.42 Å². The van der Waals surface area contributed by atoms with Crippen molar-refractivity contribution in [3.63, 3.8) is 0 Å². The largest absolute Gasteiger partial charge is 0.506 e. The van der Waals surface area contributed by atoms with E-state index in [9.17, 15) is 27.9 Å². The van der Waals surface area contributed by atoms with Crippen molar-refractivity contribution in [3.05, 3.63) is 155 Å². The molecule has 7 aromatic rings. The number of phenols is 1. The monoisotopic (exact) mass is 1030 g/mol. The first-order valence-electron chi connectivity index (χ1n) is 24.4. The van der Waals surface area contributed by atoms with Gasteiger partial charge in [-0.2, -0.15) is 0 Å². The number of carbonyl (C=O) groups is 3. The van der Waals surface area contributed by atoms with Crippen molar-refractivity contribution < 1.29 is 41.8 Å². The summed E-state index contributed by atoms with van der Waals surface area (Å²) in [4.78, 5) is 42.8. The third-order valence-corrected chi connectivity index (χ3v) is 19.8. The molecule has 74 heavy (non-hydrogen) atoms. The van der Waals surface area contributed by atoms with Gasteiger partial charge in [0.2, 0.25) is 9.84 Å². The molecule has 0 aliphatic carbocycles. The van der Waals surface area contributed by atoms with Gasteiger partial charge in [0.05, 0.1) is 39.8 Å². The molecule has 0 unspecified atom stereocenters. The summed E-state index contributed by atoms with van der Waals surface area (Å²) in [7, 11) is -4.89. The summed E-state index contributed by atoms with van der Waals surface area (Å²) in [6.07, 6.45) is 3.77. The first-order chi connectivity index (χ1) is 35.2. The molecule has 8 rings (SSSR count). The Morgan fingerprint density at radius 1 is 0.892 bits per heavy atom. The van der Waals surface area contributed by atoms with E-state index in [1.165, 1.54) is 49.2 Å². The molecular formula is C57H62N6O9SSi. The van der Waals surface area contributed by atoms with Crippen LogP contribution in [0.2, 0.25) is 18.1 Å². The number of nitrogens with zero attached hydrogens (tertiary/aromatic N) is 1. The van der Waals surface area contributed by atoms with Crippen LogP contribution in [0.25, 0.3) is 22.0 Å². The molecule has 0 saturated heterocycles. The first-order valence-corrected chi connectivity index (χ1v) is 28.8. The predicted molar refractivity (Wildman–Crippen MR) is 292 cm³/mol. The summed E-state index contributed by atoms with van der Waals surface area (Å²) in [6, 6.07) is 35.1. The van der Waals surface area contributed by atoms with Crippen molar-refractivity contribution in [2.24, 2.45) is 5.73 Å². The molecule has 6 aromatic carbocycles. The number of nitrogens with one attached hydrogen (secondary N) is 4. The topological polar surface area (TPSA) is 220 Å². The number of ether oxygens (including phenoxy) is 2. The third kappa shape index (κ3) is 11.8. The molecular weight excluding hydrogens is 973 g/mol. The number of primary amides is 1. The van der Waals surface area contributed by atoms with E-state index in [1.807, 2.05) is 24.3 Å². The summed E-state index contributed by atoms with van der Waals surface area (Å²) >= 11 is 0. The zero-order valence-corrected chi connectivity index (χ0v) is 44.4. The molecule has 0 spiro atoms. The zero-order valence-electron chi connectivity index (χ0n) is 42.6. The minimum atomic E-state index is -4.20. The Morgan fingerprint density at radius 2 is 1.64 bits per heavy atom. The molecule has 0 radical (unpaired) electrons. The summed E-state index contributed by atoms with van der Waals surface area (Å²) < 4.78 is 46.8. The molecule has 0 fully saturated rings. The predicted octanol–water partition coefficient (Wildman–Crippen LogP) is 10.9. The maximum atomic E-state index is 14.3. The van der Waals surface area contributed by atoms with Gasteiger partial charge in [-0.1, -0.05) is 69.3 Å². The lowest BCUT2D eigenvalue weighted by molar-refractivity contribution is -0.118. The lowest BCUT2D eigenvalue weighted by atomic mass is 10.0. The second-order valence-corrected chi connectivity index (χ2v) is 26.6. The normalized spacial score (nSPS) is 13.1. The number of aromatic nitrogens is 1. The highest BCUT2D eigenvalue weighted by molar-refractivity contribution is 7.91. The van der Waals surface area contributed by atoms with Crippen LogP contribution in [0, 0.1) is 6.92 Å². The summed E-state index contributed by atoms with van der Waals surface area (Å²) in [5.41, 5.74) is 12.5. The Labute approximate surface area is 432 Å². The highest BCUT2D eigenvalue weighted by Crippen LogP contribution is 2.46. The van der Waals surface area contributed by atoms with Gasteiger partial charge in [0.25, 0.3) is 17.7 Å². The molecule has 2 heterocycles. The van der Waals surface area contributed by atoms with Crippen molar-refractivity contribution in [3.8, 4) is 28.4 Å². The van der Waals surface area contributed by atoms with E-state index in [2.05, 4.69) is 84.4 Å². The van der Waals surface area contributed by atoms with Gasteiger partial charge in [0.1, 0.15) is 17.2 Å². The van der Waals surface area contributed by atoms with Crippen LogP contribution in [-0.2, 0) is 25.5 Å². The number of sulfone groups is 1. The number of unbranched alkanes of at least 4 members (excludes halogenated alkanes) is 1. The van der Waals surface area contributed by atoms with E-state index in [0.717, 1.165) is 42.5 Å². The zero-order chi connectivity index (χ0) is 53.0. The molecule has 1 aliphatic rings. The van der Waals surface area contributed by atoms with Crippen molar-refractivity contribution in [1.82, 2.24) is 10.3 Å². The van der Waals surface area contributed by atoms with Crippen LogP contribution in [0.5, 0.6) is 17.2 Å². The average Bonchev–Trinajstić information content (AvgIpc) is 3.37. The number of anilines is 4. The standard InChI is InChI=1S/C57H62N6O9SSi/c1-35-27-44(31-46-51(35)60-32-47(55(58)66)52(46)61-41-17-12-18-42(30-41)70-5)73(68,69)43-19-11-15-39(29-43)56(67)62-40-16-10-14-38(28-40)37-22-20-36(21-23-37)13-8-9-26-59-33-49(72-74(6,7)57(2,3)4)45-24-25-48(64)53-54(45)71-34-50(65)63-53/h10-12,14-25,27-32,49,59,64H,8-9,13,26,33-34H2,1-7H3,(H2,58,66)(H,60,61)(H,62,67)(H,63,65)/t49-/m0/s1. The maximum Gasteiger partial charge on any atom is 0.262 e. The SMILES string of the molecule is COc1cccc(Nc2c(C(N)=O)cnc3c(C)cc(S(=O)(=O)c4cccc(C(=O)Nc5cccc(-c6ccc(CCCCNC[C@H](O[Si](C)(C)C(C)(C)C)c7ccc(O)c8c7OCC(=O)N8)cc6)c5)c4)cc23)c1. The van der Waals surface area contributed by atoms with Gasteiger partial charge in [0, 0.05) is 46.7 Å². The van der Waals surface area contributed by atoms with Gasteiger partial charge in [0.15, 0.2) is 20.7 Å². The molecule has 15 nitrogen and oxygen atoms in total. The summed E-state index contributed by atoms with van der Waals surface area (Å²) in [5, 5.41) is 23.3. The van der Waals surface area contributed by atoms with E-state index in [4.69, 9.17) is 19.6 Å². The molecule has 384 valence electrons. The van der Waals surface area contributed by atoms with Gasteiger partial charge in [-0.05, 0) is 140 Å². The van der Waals surface area contributed by atoms with Crippen LogP contribution in [0.4, 0.5) is 22.7 Å². The number of aromatic hydroxyl groups is 1. The minimum absolute atomic E-state index is 0.0395. The first kappa shape index (κ1) is 52.7. The van der Waals surface area contributed by atoms with E-state index in [0.29, 0.717) is 51.6 Å². The van der Waals surface area contributed by atoms with Crippen LogP contribution in [-0.4, -0.2) is 71.4 Å². The van der Waals surface area contributed by atoms with Crippen LogP contribution >= 0.6 is 0 Å². The number of phenolic OH excluding ortho intramolecular Hbond substituents is 1. The molecule has 0 saturated carbocycles. The fourth-order valence-electron chi connectivity index (χ4n) is 8.54. The lowest BCUT2D eigenvalue weighted by Gasteiger charge is -2.40. The van der Waals surface area contributed by atoms with Crippen molar-refractivity contribution in [2.45, 2.75) is 81.0 Å². The highest BCUT2D eigenvalue weighted by atomic mass is 32.2. The Bertz CT molecular complexity index is 3380. The van der Waals surface area contributed by atoms with E-state index in [-0.39, 0.29) is 56.0 Å². The maximum absolute atomic E-state index is 14.3. The van der Waals surface area contributed by atoms with Crippen LogP contribution in [0.3, 0.4) is 0 Å². The Morgan fingerprint density at radius 3 is 2.38 bits per heavy atom. The molecule has 3 amide bonds. The fourth-order valence-corrected chi connectivity index (χ4v) is 11.2. The Balaban J connectivity index is 0.895. The minimum Gasteiger partial charge on any atom is -0.506 e. The van der Waals surface area contributed by atoms with E-state index in [1.54, 1.807) is 49.4 Å². The summed E-state index contributed by atoms with van der Waals surface area (Å²) in [5.74, 6) is -0.585. The quantitative estimate of drug-likeness (QED) is 0.0253. The number of hydrogen-bond acceptors (Lipinski definition) is 12. The van der Waals surface area contributed by atoms with Gasteiger partial charge in [-0.15, -0.1) is 0 Å². The van der Waals surface area contributed by atoms with Crippen molar-refractivity contribution in [2.75, 3.05) is 42.8 Å². The number of methoxy groups -OCH3 is 1. The number of pyridine rings is 1. The number of benzene rings is 6. The Hall–Kier alpha value is -7.57. The number of carbonyl (C=O) groups excluding carboxylic acids is 3. The van der Waals surface area contributed by atoms with Crippen molar-refractivity contribution in [1.29, 1.82) is 0 Å². The lowest BCUT2D eigenvalue weighted by Crippen LogP contribution is -2.43. The molecule has 1 aromatic heterocycles. The third-order valence-electron chi connectivity index (χ3n) is 13.6. The fraction of sp³-hybridized carbons (Fsp3) is 0.263.